The lowest BCUT2D eigenvalue weighted by Crippen LogP contribution is -2.53. The van der Waals surface area contributed by atoms with Crippen LogP contribution in [0.15, 0.2) is 118 Å². The molecular formula is C40H41N5O8. The fraction of sp³-hybridized carbons (Fsp3) is 0.225. The van der Waals surface area contributed by atoms with E-state index in [9.17, 15) is 24.0 Å². The maximum Gasteiger partial charge on any atom is 0.411 e. The molecule has 0 radical (unpaired) electrons. The highest BCUT2D eigenvalue weighted by Crippen LogP contribution is 2.21. The first-order valence-electron chi connectivity index (χ1n) is 17.1. The molecule has 5 aromatic rings. The van der Waals surface area contributed by atoms with Gasteiger partial charge in [0, 0.05) is 35.3 Å². The predicted molar refractivity (Wildman–Crippen MR) is 200 cm³/mol. The number of rotatable bonds is 15. The molecule has 53 heavy (non-hydrogen) atoms. The zero-order chi connectivity index (χ0) is 37.6. The number of hydrogen-bond acceptors (Lipinski definition) is 9. The zero-order valence-electron chi connectivity index (χ0n) is 29.1. The van der Waals surface area contributed by atoms with Crippen molar-refractivity contribution in [3.8, 4) is 0 Å². The van der Waals surface area contributed by atoms with Crippen molar-refractivity contribution < 1.29 is 33.1 Å². The smallest absolute Gasteiger partial charge is 0.411 e. The summed E-state index contributed by atoms with van der Waals surface area (Å²) in [6.07, 6.45) is -0.596. The third-order valence-corrected chi connectivity index (χ3v) is 8.22. The van der Waals surface area contributed by atoms with Gasteiger partial charge in [0.2, 0.25) is 11.8 Å². The lowest BCUT2D eigenvalue weighted by Gasteiger charge is -2.23. The van der Waals surface area contributed by atoms with Gasteiger partial charge in [0.15, 0.2) is 0 Å². The van der Waals surface area contributed by atoms with E-state index in [0.717, 1.165) is 22.1 Å². The van der Waals surface area contributed by atoms with Crippen molar-refractivity contribution in [3.63, 3.8) is 0 Å². The predicted octanol–water partition coefficient (Wildman–Crippen LogP) is 5.55. The molecule has 4 aromatic carbocycles. The highest BCUT2D eigenvalue weighted by molar-refractivity contribution is 5.98. The Morgan fingerprint density at radius 2 is 1.30 bits per heavy atom. The minimum absolute atomic E-state index is 0.0267. The minimum Gasteiger partial charge on any atom is -0.445 e. The number of benzene rings is 4. The number of fused-ring (bicyclic) bond motifs is 1. The van der Waals surface area contributed by atoms with E-state index in [1.165, 1.54) is 6.07 Å². The Morgan fingerprint density at radius 1 is 0.679 bits per heavy atom. The zero-order valence-corrected chi connectivity index (χ0v) is 29.1. The fourth-order valence-corrected chi connectivity index (χ4v) is 5.45. The maximum atomic E-state index is 13.6. The molecule has 5 rings (SSSR count). The van der Waals surface area contributed by atoms with Crippen LogP contribution in [0.4, 0.5) is 21.0 Å². The summed E-state index contributed by atoms with van der Waals surface area (Å²) < 4.78 is 15.9. The Hall–Kier alpha value is -6.47. The average molecular weight is 720 g/mol. The quantitative estimate of drug-likeness (QED) is 0.0864. The number of carbonyl (C=O) groups excluding carboxylic acids is 4. The van der Waals surface area contributed by atoms with E-state index >= 15 is 0 Å². The number of anilines is 2. The summed E-state index contributed by atoms with van der Waals surface area (Å²) in [5.74, 6) is -1.03. The van der Waals surface area contributed by atoms with Crippen LogP contribution in [0.5, 0.6) is 0 Å². The van der Waals surface area contributed by atoms with Gasteiger partial charge >= 0.3 is 17.8 Å². The van der Waals surface area contributed by atoms with E-state index in [-0.39, 0.29) is 26.1 Å². The van der Waals surface area contributed by atoms with Crippen LogP contribution in [0, 0.1) is 6.92 Å². The Bertz CT molecular complexity index is 2070. The first-order valence-corrected chi connectivity index (χ1v) is 17.1. The van der Waals surface area contributed by atoms with Gasteiger partial charge in [-0.05, 0) is 72.8 Å². The van der Waals surface area contributed by atoms with Gasteiger partial charge < -0.3 is 35.6 Å². The molecule has 0 fully saturated rings. The third kappa shape index (κ3) is 11.5. The summed E-state index contributed by atoms with van der Waals surface area (Å²) in [6.45, 7) is 2.07. The highest BCUT2D eigenvalue weighted by atomic mass is 16.6. The van der Waals surface area contributed by atoms with Crippen molar-refractivity contribution in [1.29, 1.82) is 0 Å². The second-order valence-corrected chi connectivity index (χ2v) is 12.3. The van der Waals surface area contributed by atoms with Gasteiger partial charge in [0.25, 0.3) is 0 Å². The molecule has 6 N–H and O–H groups in total. The molecule has 13 heteroatoms. The van der Waals surface area contributed by atoms with Gasteiger partial charge in [-0.3, -0.25) is 14.9 Å². The standard InChI is InChI=1S/C40H41N5O8/c1-26-21-36(46)53-35-23-31(18-19-32(26)35)43-39(49)51-25-29-14-16-30(17-15-29)42-37(47)33(13-8-20-41)44-38(48)34(22-27-9-4-2-5-10-27)45-40(50)52-24-28-11-6-3-7-12-28/h2-7,9-12,14-19,21,23,33-34H,8,13,20,22,24-25,41H2,1H3,(H,42,47)(H,43,49)(H,44,48)(H,45,50)/t33-,34-/m0/s1. The van der Waals surface area contributed by atoms with Crippen LogP contribution in [0.2, 0.25) is 0 Å². The number of aryl methyl sites for hydroxylation is 1. The van der Waals surface area contributed by atoms with Crippen molar-refractivity contribution in [2.24, 2.45) is 5.73 Å². The number of ether oxygens (including phenoxy) is 2. The first-order chi connectivity index (χ1) is 25.7. The van der Waals surface area contributed by atoms with E-state index in [2.05, 4.69) is 21.3 Å². The molecule has 2 atom stereocenters. The molecule has 1 aromatic heterocycles. The molecule has 0 saturated heterocycles. The normalized spacial score (nSPS) is 11.9. The molecule has 13 nitrogen and oxygen atoms in total. The summed E-state index contributed by atoms with van der Waals surface area (Å²) in [5, 5.41) is 11.6. The van der Waals surface area contributed by atoms with E-state index in [4.69, 9.17) is 19.6 Å². The molecule has 0 bridgehead atoms. The van der Waals surface area contributed by atoms with Crippen LogP contribution < -0.4 is 32.6 Å². The van der Waals surface area contributed by atoms with Crippen molar-refractivity contribution in [3.05, 3.63) is 142 Å². The topological polar surface area (TPSA) is 191 Å². The minimum atomic E-state index is -1.03. The maximum absolute atomic E-state index is 13.6. The molecular weight excluding hydrogens is 678 g/mol. The Kier molecular flexibility index (Phi) is 13.3. The summed E-state index contributed by atoms with van der Waals surface area (Å²) in [7, 11) is 0. The first kappa shape index (κ1) is 37.8. The van der Waals surface area contributed by atoms with E-state index in [1.807, 2.05) is 60.7 Å². The fourth-order valence-electron chi connectivity index (χ4n) is 5.45. The number of nitrogens with two attached hydrogens (primary N) is 1. The average Bonchev–Trinajstić information content (AvgIpc) is 3.15. The van der Waals surface area contributed by atoms with Crippen LogP contribution >= 0.6 is 0 Å². The van der Waals surface area contributed by atoms with Gasteiger partial charge in [-0.2, -0.15) is 0 Å². The summed E-state index contributed by atoms with van der Waals surface area (Å²) in [5.41, 5.74) is 9.46. The van der Waals surface area contributed by atoms with Gasteiger partial charge in [-0.25, -0.2) is 14.4 Å². The number of alkyl carbamates (subject to hydrolysis) is 1. The number of carbonyl (C=O) groups is 4. The van der Waals surface area contributed by atoms with Crippen LogP contribution in [-0.2, 0) is 38.7 Å². The van der Waals surface area contributed by atoms with Crippen molar-refractivity contribution in [2.45, 2.75) is 51.5 Å². The monoisotopic (exact) mass is 719 g/mol. The second kappa shape index (κ2) is 18.7. The van der Waals surface area contributed by atoms with Crippen LogP contribution in [0.1, 0.15) is 35.1 Å². The molecule has 4 amide bonds. The lowest BCUT2D eigenvalue weighted by molar-refractivity contribution is -0.128. The molecule has 274 valence electrons. The Labute approximate surface area is 305 Å². The van der Waals surface area contributed by atoms with Crippen molar-refractivity contribution in [1.82, 2.24) is 10.6 Å². The Morgan fingerprint density at radius 3 is 1.98 bits per heavy atom. The van der Waals surface area contributed by atoms with Gasteiger partial charge in [-0.15, -0.1) is 0 Å². The van der Waals surface area contributed by atoms with E-state index in [0.29, 0.717) is 35.5 Å². The SMILES string of the molecule is Cc1cc(=O)oc2cc(NC(=O)OCc3ccc(NC(=O)[C@H](CCCN)NC(=O)[C@H](Cc4ccccc4)NC(=O)OCc4ccccc4)cc3)ccc12. The van der Waals surface area contributed by atoms with Gasteiger partial charge in [0.05, 0.1) is 0 Å². The van der Waals surface area contributed by atoms with Crippen molar-refractivity contribution in [2.75, 3.05) is 17.2 Å². The van der Waals surface area contributed by atoms with Gasteiger partial charge in [-0.1, -0.05) is 72.8 Å². The summed E-state index contributed by atoms with van der Waals surface area (Å²) in [4.78, 5) is 64.0. The number of nitrogens with one attached hydrogen (secondary N) is 4. The van der Waals surface area contributed by atoms with E-state index < -0.39 is 41.7 Å². The van der Waals surface area contributed by atoms with Crippen LogP contribution in [0.25, 0.3) is 11.0 Å². The molecule has 0 aliphatic rings. The largest absolute Gasteiger partial charge is 0.445 e. The molecule has 0 aliphatic carbocycles. The molecule has 0 unspecified atom stereocenters. The summed E-state index contributed by atoms with van der Waals surface area (Å²) in [6, 6.07) is 29.4. The Balaban J connectivity index is 1.16. The highest BCUT2D eigenvalue weighted by Gasteiger charge is 2.27. The van der Waals surface area contributed by atoms with Gasteiger partial charge in [0.1, 0.15) is 30.9 Å². The van der Waals surface area contributed by atoms with E-state index in [1.54, 1.807) is 49.4 Å². The van der Waals surface area contributed by atoms with Crippen molar-refractivity contribution >= 4 is 46.3 Å². The molecule has 1 heterocycles. The third-order valence-electron chi connectivity index (χ3n) is 8.22. The second-order valence-electron chi connectivity index (χ2n) is 12.3. The van der Waals surface area contributed by atoms with Crippen LogP contribution in [-0.4, -0.2) is 42.6 Å². The summed E-state index contributed by atoms with van der Waals surface area (Å²) >= 11 is 0. The molecule has 0 spiro atoms. The number of amides is 4. The molecule has 0 aliphatic heterocycles. The lowest BCUT2D eigenvalue weighted by atomic mass is 10.0. The number of hydrogen-bond donors (Lipinski definition) is 5. The van der Waals surface area contributed by atoms with Crippen LogP contribution in [0.3, 0.4) is 0 Å². The molecule has 0 saturated carbocycles.